The van der Waals surface area contributed by atoms with E-state index in [0.717, 1.165) is 6.42 Å². The van der Waals surface area contributed by atoms with Gasteiger partial charge in [0.05, 0.1) is 0 Å². The zero-order valence-corrected chi connectivity index (χ0v) is 9.59. The summed E-state index contributed by atoms with van der Waals surface area (Å²) in [5.41, 5.74) is 4.16. The molecule has 0 aromatic heterocycles. The van der Waals surface area contributed by atoms with E-state index >= 15 is 0 Å². The zero-order valence-electron chi connectivity index (χ0n) is 9.59. The molecule has 0 heteroatoms. The van der Waals surface area contributed by atoms with Crippen LogP contribution in [0, 0.1) is 11.8 Å². The first-order valence-electron chi connectivity index (χ1n) is 5.38. The van der Waals surface area contributed by atoms with Gasteiger partial charge in [-0.15, -0.1) is 5.92 Å². The predicted molar refractivity (Wildman–Crippen MR) is 65.5 cm³/mol. The Balaban J connectivity index is 2.61. The molecule has 15 heavy (non-hydrogen) atoms. The smallest absolute Gasteiger partial charge is 0.0280 e. The summed E-state index contributed by atoms with van der Waals surface area (Å²) in [4.78, 5) is 0. The maximum Gasteiger partial charge on any atom is 0.0280 e. The minimum atomic E-state index is 0.246. The van der Waals surface area contributed by atoms with Crippen molar-refractivity contribution in [1.82, 2.24) is 0 Å². The second-order valence-electron chi connectivity index (χ2n) is 4.63. The normalized spacial score (nSPS) is 17.1. The summed E-state index contributed by atoms with van der Waals surface area (Å²) in [6.07, 6.45) is 3.34. The Kier molecular flexibility index (Phi) is 2.40. The van der Waals surface area contributed by atoms with Gasteiger partial charge < -0.3 is 0 Å². The molecule has 0 atom stereocenters. The third-order valence-electron chi connectivity index (χ3n) is 3.02. The highest BCUT2D eigenvalue weighted by atomic mass is 14.3. The molecule has 0 radical (unpaired) electrons. The summed E-state index contributed by atoms with van der Waals surface area (Å²) in [6.45, 7) is 6.47. The van der Waals surface area contributed by atoms with Crippen molar-refractivity contribution >= 4 is 5.57 Å². The summed E-state index contributed by atoms with van der Waals surface area (Å²) in [7, 11) is 0. The lowest BCUT2D eigenvalue weighted by atomic mass is 9.73. The Labute approximate surface area is 92.0 Å². The highest BCUT2D eigenvalue weighted by Gasteiger charge is 2.26. The molecule has 1 aliphatic carbocycles. The van der Waals surface area contributed by atoms with Crippen LogP contribution in [0.25, 0.3) is 5.57 Å². The summed E-state index contributed by atoms with van der Waals surface area (Å²) in [5, 5.41) is 0. The molecule has 1 aromatic rings. The van der Waals surface area contributed by atoms with E-state index in [4.69, 9.17) is 0 Å². The van der Waals surface area contributed by atoms with Crippen LogP contribution >= 0.6 is 0 Å². The molecular formula is C15H16. The molecule has 0 saturated heterocycles. The molecule has 0 aliphatic heterocycles. The molecule has 1 aromatic carbocycles. The largest absolute Gasteiger partial charge is 0.101 e. The Hall–Kier alpha value is -1.48. The van der Waals surface area contributed by atoms with Crippen LogP contribution in [-0.2, 0) is 5.41 Å². The number of hydrogen-bond acceptors (Lipinski definition) is 0. The van der Waals surface area contributed by atoms with Crippen LogP contribution in [0.5, 0.6) is 0 Å². The standard InChI is InChI=1S/C15H16/c1-4-7-12-10-11-15(2,3)14-9-6-5-8-13(12)14/h5-6,8-10H,11H2,1-3H3. The number of hydrogen-bond donors (Lipinski definition) is 0. The van der Waals surface area contributed by atoms with Crippen molar-refractivity contribution < 1.29 is 0 Å². The summed E-state index contributed by atoms with van der Waals surface area (Å²) in [5.74, 6) is 6.18. The van der Waals surface area contributed by atoms with Crippen LogP contribution in [0.2, 0.25) is 0 Å². The fourth-order valence-electron chi connectivity index (χ4n) is 2.14. The van der Waals surface area contributed by atoms with Crippen molar-refractivity contribution in [1.29, 1.82) is 0 Å². The molecule has 0 saturated carbocycles. The van der Waals surface area contributed by atoms with E-state index in [0.29, 0.717) is 0 Å². The van der Waals surface area contributed by atoms with Gasteiger partial charge in [-0.05, 0) is 29.9 Å². The van der Waals surface area contributed by atoms with Crippen LogP contribution in [0.15, 0.2) is 30.3 Å². The summed E-state index contributed by atoms with van der Waals surface area (Å²) >= 11 is 0. The quantitative estimate of drug-likeness (QED) is 0.554. The van der Waals surface area contributed by atoms with Crippen molar-refractivity contribution in [2.45, 2.75) is 32.6 Å². The van der Waals surface area contributed by atoms with Gasteiger partial charge in [0.15, 0.2) is 0 Å². The molecule has 0 unspecified atom stereocenters. The number of fused-ring (bicyclic) bond motifs is 1. The molecule has 0 nitrogen and oxygen atoms in total. The Bertz CT molecular complexity index is 464. The second-order valence-corrected chi connectivity index (χ2v) is 4.63. The fraction of sp³-hybridized carbons (Fsp3) is 0.333. The van der Waals surface area contributed by atoms with Gasteiger partial charge in [-0.25, -0.2) is 0 Å². The van der Waals surface area contributed by atoms with E-state index in [9.17, 15) is 0 Å². The van der Waals surface area contributed by atoms with Gasteiger partial charge in [-0.1, -0.05) is 50.1 Å². The second kappa shape index (κ2) is 3.59. The first kappa shape index (κ1) is 10.1. The van der Waals surface area contributed by atoms with Crippen LogP contribution in [-0.4, -0.2) is 0 Å². The molecule has 2 rings (SSSR count). The maximum absolute atomic E-state index is 3.19. The highest BCUT2D eigenvalue weighted by molar-refractivity contribution is 5.82. The third-order valence-corrected chi connectivity index (χ3v) is 3.02. The lowest BCUT2D eigenvalue weighted by Crippen LogP contribution is -2.21. The average Bonchev–Trinajstić information content (AvgIpc) is 2.23. The summed E-state index contributed by atoms with van der Waals surface area (Å²) in [6, 6.07) is 8.60. The monoisotopic (exact) mass is 196 g/mol. The van der Waals surface area contributed by atoms with E-state index in [1.807, 2.05) is 6.92 Å². The predicted octanol–water partition coefficient (Wildman–Crippen LogP) is 3.77. The molecule has 1 aliphatic rings. The van der Waals surface area contributed by atoms with E-state index in [1.165, 1.54) is 16.7 Å². The van der Waals surface area contributed by atoms with Gasteiger partial charge in [-0.2, -0.15) is 0 Å². The Morgan fingerprint density at radius 3 is 2.67 bits per heavy atom. The van der Waals surface area contributed by atoms with E-state index in [2.05, 4.69) is 56.0 Å². The molecule has 0 N–H and O–H groups in total. The van der Waals surface area contributed by atoms with Crippen molar-refractivity contribution in [2.75, 3.05) is 0 Å². The number of allylic oxidation sites excluding steroid dienone is 2. The topological polar surface area (TPSA) is 0 Å². The van der Waals surface area contributed by atoms with Gasteiger partial charge in [0.1, 0.15) is 0 Å². The van der Waals surface area contributed by atoms with Gasteiger partial charge in [0.25, 0.3) is 0 Å². The molecule has 0 spiro atoms. The van der Waals surface area contributed by atoms with Crippen molar-refractivity contribution in [3.05, 3.63) is 41.5 Å². The minimum absolute atomic E-state index is 0.246. The molecule has 76 valence electrons. The Morgan fingerprint density at radius 1 is 1.20 bits per heavy atom. The van der Waals surface area contributed by atoms with Crippen LogP contribution in [0.4, 0.5) is 0 Å². The summed E-state index contributed by atoms with van der Waals surface area (Å²) < 4.78 is 0. The lowest BCUT2D eigenvalue weighted by Gasteiger charge is -2.30. The van der Waals surface area contributed by atoms with Crippen LogP contribution in [0.1, 0.15) is 38.3 Å². The first-order chi connectivity index (χ1) is 7.15. The third kappa shape index (κ3) is 1.70. The Morgan fingerprint density at radius 2 is 1.93 bits per heavy atom. The van der Waals surface area contributed by atoms with Gasteiger partial charge in [0, 0.05) is 5.57 Å². The van der Waals surface area contributed by atoms with E-state index in [-0.39, 0.29) is 5.41 Å². The van der Waals surface area contributed by atoms with Crippen molar-refractivity contribution in [3.63, 3.8) is 0 Å². The van der Waals surface area contributed by atoms with Crippen LogP contribution < -0.4 is 0 Å². The minimum Gasteiger partial charge on any atom is -0.101 e. The molecule has 0 fully saturated rings. The zero-order chi connectivity index (χ0) is 10.9. The van der Waals surface area contributed by atoms with Gasteiger partial charge in [-0.3, -0.25) is 0 Å². The fourth-order valence-corrected chi connectivity index (χ4v) is 2.14. The SMILES string of the molecule is CC#CC1=CCC(C)(C)c2ccccc21. The molecular weight excluding hydrogens is 180 g/mol. The molecule has 0 heterocycles. The van der Waals surface area contributed by atoms with E-state index in [1.54, 1.807) is 0 Å². The molecule has 0 amide bonds. The van der Waals surface area contributed by atoms with E-state index < -0.39 is 0 Å². The number of rotatable bonds is 0. The lowest BCUT2D eigenvalue weighted by molar-refractivity contribution is 0.528. The highest BCUT2D eigenvalue weighted by Crippen LogP contribution is 2.38. The molecule has 0 bridgehead atoms. The van der Waals surface area contributed by atoms with Crippen molar-refractivity contribution in [3.8, 4) is 11.8 Å². The van der Waals surface area contributed by atoms with Gasteiger partial charge in [0.2, 0.25) is 0 Å². The van der Waals surface area contributed by atoms with Gasteiger partial charge >= 0.3 is 0 Å². The number of benzene rings is 1. The maximum atomic E-state index is 3.19. The van der Waals surface area contributed by atoms with Crippen molar-refractivity contribution in [2.24, 2.45) is 0 Å². The average molecular weight is 196 g/mol. The van der Waals surface area contributed by atoms with Crippen LogP contribution in [0.3, 0.4) is 0 Å². The first-order valence-corrected chi connectivity index (χ1v) is 5.38.